The van der Waals surface area contributed by atoms with Crippen molar-refractivity contribution in [3.05, 3.63) is 68.7 Å². The maximum Gasteiger partial charge on any atom is 0.320 e. The van der Waals surface area contributed by atoms with E-state index in [0.29, 0.717) is 18.8 Å². The van der Waals surface area contributed by atoms with Crippen molar-refractivity contribution in [2.45, 2.75) is 20.0 Å². The fourth-order valence-electron chi connectivity index (χ4n) is 2.53. The number of nitrogens with zero attached hydrogens (tertiary/aromatic N) is 5. The number of nitrogens with one attached hydrogen (secondary N) is 1. The van der Waals surface area contributed by atoms with E-state index in [2.05, 4.69) is 31.4 Å². The molecule has 0 unspecified atom stereocenters. The number of aryl methyl sites for hydroxylation is 1. The molecule has 0 radical (unpaired) electrons. The van der Waals surface area contributed by atoms with Crippen molar-refractivity contribution in [3.8, 4) is 0 Å². The third kappa shape index (κ3) is 3.80. The molecule has 134 valence electrons. The number of rotatable bonds is 6. The molecule has 0 spiro atoms. The highest BCUT2D eigenvalue weighted by Crippen LogP contribution is 2.20. The lowest BCUT2D eigenvalue weighted by molar-refractivity contribution is -0.385. The first kappa shape index (κ1) is 17.8. The number of aromatic nitrogens is 4. The summed E-state index contributed by atoms with van der Waals surface area (Å²) in [4.78, 5) is 23.1. The van der Waals surface area contributed by atoms with Crippen LogP contribution < -0.4 is 5.32 Å². The van der Waals surface area contributed by atoms with Gasteiger partial charge in [0.15, 0.2) is 0 Å². The van der Waals surface area contributed by atoms with Crippen molar-refractivity contribution >= 4 is 33.2 Å². The van der Waals surface area contributed by atoms with Crippen LogP contribution in [-0.4, -0.2) is 30.4 Å². The number of hydrogen-bond donors (Lipinski definition) is 1. The van der Waals surface area contributed by atoms with E-state index in [9.17, 15) is 14.9 Å². The van der Waals surface area contributed by atoms with E-state index in [0.717, 1.165) is 16.2 Å². The molecule has 0 fully saturated rings. The van der Waals surface area contributed by atoms with Gasteiger partial charge in [0, 0.05) is 18.4 Å². The Labute approximate surface area is 156 Å². The molecule has 1 aromatic carbocycles. The highest BCUT2D eigenvalue weighted by atomic mass is 79.9. The summed E-state index contributed by atoms with van der Waals surface area (Å²) in [7, 11) is 0. The summed E-state index contributed by atoms with van der Waals surface area (Å²) in [6, 6.07) is 7.23. The SMILES string of the molecule is CCn1ncc([N+](=O)[O-])c1C(=O)Nc1cccc(Cn2cc(Br)cn2)c1. The molecule has 2 aromatic heterocycles. The number of hydrogen-bond acceptors (Lipinski definition) is 5. The van der Waals surface area contributed by atoms with Crippen molar-refractivity contribution < 1.29 is 9.72 Å². The zero-order valence-electron chi connectivity index (χ0n) is 13.8. The summed E-state index contributed by atoms with van der Waals surface area (Å²) >= 11 is 3.34. The van der Waals surface area contributed by atoms with Crippen LogP contribution >= 0.6 is 15.9 Å². The molecule has 10 heteroatoms. The second-order valence-corrected chi connectivity index (χ2v) is 6.38. The lowest BCUT2D eigenvalue weighted by Gasteiger charge is -2.08. The summed E-state index contributed by atoms with van der Waals surface area (Å²) < 4.78 is 3.93. The summed E-state index contributed by atoms with van der Waals surface area (Å²) in [5, 5.41) is 21.9. The average Bonchev–Trinajstić information content (AvgIpc) is 3.21. The van der Waals surface area contributed by atoms with E-state index < -0.39 is 10.8 Å². The Hall–Kier alpha value is -3.01. The fourth-order valence-corrected chi connectivity index (χ4v) is 2.86. The summed E-state index contributed by atoms with van der Waals surface area (Å²) in [6.07, 6.45) is 4.62. The highest BCUT2D eigenvalue weighted by molar-refractivity contribution is 9.10. The number of carbonyl (C=O) groups excluding carboxylic acids is 1. The summed E-state index contributed by atoms with van der Waals surface area (Å²) in [5.41, 5.74) is 1.08. The van der Waals surface area contributed by atoms with Crippen LogP contribution in [0.4, 0.5) is 11.4 Å². The van der Waals surface area contributed by atoms with Gasteiger partial charge in [-0.3, -0.25) is 24.3 Å². The van der Waals surface area contributed by atoms with E-state index in [4.69, 9.17) is 0 Å². The van der Waals surface area contributed by atoms with Crippen molar-refractivity contribution in [2.24, 2.45) is 0 Å². The number of anilines is 1. The first-order valence-corrected chi connectivity index (χ1v) is 8.55. The van der Waals surface area contributed by atoms with Crippen LogP contribution in [0.3, 0.4) is 0 Å². The fraction of sp³-hybridized carbons (Fsp3) is 0.188. The maximum absolute atomic E-state index is 12.6. The molecule has 0 saturated carbocycles. The average molecular weight is 419 g/mol. The molecule has 2 heterocycles. The molecule has 0 atom stereocenters. The van der Waals surface area contributed by atoms with Gasteiger partial charge in [-0.15, -0.1) is 0 Å². The van der Waals surface area contributed by atoms with Gasteiger partial charge in [0.05, 0.1) is 22.1 Å². The van der Waals surface area contributed by atoms with E-state index in [1.54, 1.807) is 36.0 Å². The van der Waals surface area contributed by atoms with Gasteiger partial charge >= 0.3 is 5.69 Å². The zero-order chi connectivity index (χ0) is 18.7. The molecule has 1 N–H and O–H groups in total. The van der Waals surface area contributed by atoms with Crippen LogP contribution in [0.1, 0.15) is 23.0 Å². The number of nitro groups is 1. The second-order valence-electron chi connectivity index (χ2n) is 5.46. The Balaban J connectivity index is 1.81. The van der Waals surface area contributed by atoms with E-state index >= 15 is 0 Å². The normalized spacial score (nSPS) is 10.7. The van der Waals surface area contributed by atoms with Gasteiger partial charge in [-0.25, -0.2) is 0 Å². The largest absolute Gasteiger partial charge is 0.320 e. The molecular formula is C16H15BrN6O3. The van der Waals surface area contributed by atoms with Crippen molar-refractivity contribution in [3.63, 3.8) is 0 Å². The number of halogens is 1. The zero-order valence-corrected chi connectivity index (χ0v) is 15.4. The van der Waals surface area contributed by atoms with E-state index in [1.165, 1.54) is 4.68 Å². The predicted molar refractivity (Wildman–Crippen MR) is 98.0 cm³/mol. The molecule has 9 nitrogen and oxygen atoms in total. The second kappa shape index (κ2) is 7.48. The van der Waals surface area contributed by atoms with Crippen LogP contribution in [-0.2, 0) is 13.1 Å². The minimum atomic E-state index is -0.611. The molecule has 0 saturated heterocycles. The smallest absolute Gasteiger partial charge is 0.320 e. The Bertz CT molecular complexity index is 965. The van der Waals surface area contributed by atoms with Crippen LogP contribution in [0, 0.1) is 10.1 Å². The van der Waals surface area contributed by atoms with Crippen LogP contribution in [0.2, 0.25) is 0 Å². The Morgan fingerprint density at radius 3 is 2.81 bits per heavy atom. The van der Waals surface area contributed by atoms with Gasteiger partial charge in [0.1, 0.15) is 6.20 Å². The number of benzene rings is 1. The van der Waals surface area contributed by atoms with Crippen molar-refractivity contribution in [1.29, 1.82) is 0 Å². The number of amides is 1. The first-order valence-electron chi connectivity index (χ1n) is 7.76. The minimum absolute atomic E-state index is 0.0705. The van der Waals surface area contributed by atoms with Crippen molar-refractivity contribution in [1.82, 2.24) is 19.6 Å². The molecule has 1 amide bonds. The molecule has 0 aliphatic rings. The third-order valence-electron chi connectivity index (χ3n) is 3.66. The molecule has 0 aliphatic heterocycles. The van der Waals surface area contributed by atoms with Gasteiger partial charge in [0.2, 0.25) is 5.69 Å². The topological polar surface area (TPSA) is 108 Å². The van der Waals surface area contributed by atoms with Crippen LogP contribution in [0.15, 0.2) is 47.3 Å². The van der Waals surface area contributed by atoms with Crippen LogP contribution in [0.25, 0.3) is 0 Å². The van der Waals surface area contributed by atoms with Gasteiger partial charge in [-0.05, 0) is 40.5 Å². The predicted octanol–water partition coefficient (Wildman–Crippen LogP) is 3.07. The molecular weight excluding hydrogens is 404 g/mol. The molecule has 26 heavy (non-hydrogen) atoms. The van der Waals surface area contributed by atoms with E-state index in [-0.39, 0.29) is 11.4 Å². The van der Waals surface area contributed by atoms with Crippen LogP contribution in [0.5, 0.6) is 0 Å². The molecule has 3 rings (SSSR count). The van der Waals surface area contributed by atoms with Gasteiger partial charge < -0.3 is 5.32 Å². The monoisotopic (exact) mass is 418 g/mol. The number of carbonyl (C=O) groups is 1. The van der Waals surface area contributed by atoms with Gasteiger partial charge in [-0.1, -0.05) is 12.1 Å². The molecule has 0 bridgehead atoms. The third-order valence-corrected chi connectivity index (χ3v) is 4.07. The molecule has 0 aliphatic carbocycles. The Morgan fingerprint density at radius 1 is 1.35 bits per heavy atom. The quantitative estimate of drug-likeness (QED) is 0.488. The lowest BCUT2D eigenvalue weighted by atomic mass is 10.2. The lowest BCUT2D eigenvalue weighted by Crippen LogP contribution is -2.19. The maximum atomic E-state index is 12.6. The Morgan fingerprint density at radius 2 is 2.15 bits per heavy atom. The minimum Gasteiger partial charge on any atom is -0.320 e. The van der Waals surface area contributed by atoms with Crippen molar-refractivity contribution in [2.75, 3.05) is 5.32 Å². The molecule has 3 aromatic rings. The highest BCUT2D eigenvalue weighted by Gasteiger charge is 2.26. The summed E-state index contributed by atoms with van der Waals surface area (Å²) in [6.45, 7) is 2.64. The Kier molecular flexibility index (Phi) is 5.12. The van der Waals surface area contributed by atoms with Gasteiger partial charge in [0.25, 0.3) is 5.91 Å². The standard InChI is InChI=1S/C16H15BrN6O3/c1-2-22-15(14(8-19-22)23(25)26)16(24)20-13-5-3-4-11(6-13)9-21-10-12(17)7-18-21/h3-8,10H,2,9H2,1H3,(H,20,24). The first-order chi connectivity index (χ1) is 12.5. The summed E-state index contributed by atoms with van der Waals surface area (Å²) in [5.74, 6) is -0.574. The van der Waals surface area contributed by atoms with E-state index in [1.807, 2.05) is 12.3 Å². The van der Waals surface area contributed by atoms with Gasteiger partial charge in [-0.2, -0.15) is 10.2 Å².